The molecule has 0 bridgehead atoms. The second-order valence-electron chi connectivity index (χ2n) is 6.43. The lowest BCUT2D eigenvalue weighted by molar-refractivity contribution is -0.131. The fourth-order valence-electron chi connectivity index (χ4n) is 2.77. The van der Waals surface area contributed by atoms with Crippen molar-refractivity contribution in [2.24, 2.45) is 0 Å². The Kier molecular flexibility index (Phi) is 6.60. The SMILES string of the molecule is COc1cccc(C(=O)COC(=O)c2ccc(-c3ccc(OC(C)=O)cc3)cc2)c1. The highest BCUT2D eigenvalue weighted by molar-refractivity contribution is 5.99. The number of carbonyl (C=O) groups is 3. The predicted octanol–water partition coefficient (Wildman–Crippen LogP) is 4.33. The smallest absolute Gasteiger partial charge is 0.338 e. The number of rotatable bonds is 7. The molecule has 0 atom stereocenters. The van der Waals surface area contributed by atoms with E-state index in [-0.39, 0.29) is 18.4 Å². The first-order valence-electron chi connectivity index (χ1n) is 9.19. The van der Waals surface area contributed by atoms with Crippen LogP contribution in [0.15, 0.2) is 72.8 Å². The van der Waals surface area contributed by atoms with Gasteiger partial charge in [-0.25, -0.2) is 4.79 Å². The molecule has 0 aliphatic rings. The lowest BCUT2D eigenvalue weighted by atomic mass is 10.0. The maximum atomic E-state index is 12.3. The van der Waals surface area contributed by atoms with Gasteiger partial charge in [-0.05, 0) is 47.5 Å². The van der Waals surface area contributed by atoms with Crippen LogP contribution in [0.5, 0.6) is 11.5 Å². The van der Waals surface area contributed by atoms with E-state index < -0.39 is 5.97 Å². The molecule has 152 valence electrons. The van der Waals surface area contributed by atoms with Crippen LogP contribution in [0.1, 0.15) is 27.6 Å². The first-order valence-corrected chi connectivity index (χ1v) is 9.19. The van der Waals surface area contributed by atoms with E-state index in [1.807, 2.05) is 12.1 Å². The van der Waals surface area contributed by atoms with Gasteiger partial charge in [0.25, 0.3) is 0 Å². The van der Waals surface area contributed by atoms with Gasteiger partial charge in [-0.1, -0.05) is 36.4 Å². The summed E-state index contributed by atoms with van der Waals surface area (Å²) in [6.45, 7) is 0.987. The molecular formula is C24H20O6. The fraction of sp³-hybridized carbons (Fsp3) is 0.125. The van der Waals surface area contributed by atoms with Crippen LogP contribution < -0.4 is 9.47 Å². The van der Waals surface area contributed by atoms with Crippen LogP contribution in [-0.2, 0) is 9.53 Å². The van der Waals surface area contributed by atoms with Crippen LogP contribution in [0.3, 0.4) is 0 Å². The van der Waals surface area contributed by atoms with Gasteiger partial charge in [-0.2, -0.15) is 0 Å². The third-order valence-corrected chi connectivity index (χ3v) is 4.30. The van der Waals surface area contributed by atoms with Crippen molar-refractivity contribution in [3.05, 3.63) is 83.9 Å². The second-order valence-corrected chi connectivity index (χ2v) is 6.43. The van der Waals surface area contributed by atoms with Crippen LogP contribution in [0, 0.1) is 0 Å². The van der Waals surface area contributed by atoms with Gasteiger partial charge >= 0.3 is 11.9 Å². The normalized spacial score (nSPS) is 10.2. The monoisotopic (exact) mass is 404 g/mol. The van der Waals surface area contributed by atoms with Gasteiger partial charge in [-0.3, -0.25) is 9.59 Å². The third-order valence-electron chi connectivity index (χ3n) is 4.30. The maximum absolute atomic E-state index is 12.3. The number of carbonyl (C=O) groups excluding carboxylic acids is 3. The molecule has 0 aliphatic heterocycles. The molecule has 0 fully saturated rings. The predicted molar refractivity (Wildman–Crippen MR) is 111 cm³/mol. The van der Waals surface area contributed by atoms with Crippen molar-refractivity contribution in [2.45, 2.75) is 6.92 Å². The summed E-state index contributed by atoms with van der Waals surface area (Å²) < 4.78 is 15.2. The van der Waals surface area contributed by atoms with Crippen molar-refractivity contribution in [1.82, 2.24) is 0 Å². The molecule has 0 saturated carbocycles. The lowest BCUT2D eigenvalue weighted by Crippen LogP contribution is -2.14. The molecule has 0 N–H and O–H groups in total. The number of methoxy groups -OCH3 is 1. The molecule has 0 unspecified atom stereocenters. The molecule has 3 aromatic carbocycles. The van der Waals surface area contributed by atoms with E-state index in [2.05, 4.69) is 0 Å². The van der Waals surface area contributed by atoms with Crippen LogP contribution in [0.2, 0.25) is 0 Å². The number of hydrogen-bond acceptors (Lipinski definition) is 6. The van der Waals surface area contributed by atoms with E-state index in [9.17, 15) is 14.4 Å². The highest BCUT2D eigenvalue weighted by Gasteiger charge is 2.13. The van der Waals surface area contributed by atoms with Crippen molar-refractivity contribution >= 4 is 17.7 Å². The molecule has 3 rings (SSSR count). The molecule has 0 heterocycles. The van der Waals surface area contributed by atoms with Gasteiger partial charge in [0.15, 0.2) is 12.4 Å². The Labute approximate surface area is 174 Å². The number of esters is 2. The molecule has 0 spiro atoms. The van der Waals surface area contributed by atoms with E-state index in [0.29, 0.717) is 22.6 Å². The number of ketones is 1. The Morgan fingerprint density at radius 3 is 2.00 bits per heavy atom. The zero-order chi connectivity index (χ0) is 21.5. The maximum Gasteiger partial charge on any atom is 0.338 e. The van der Waals surface area contributed by atoms with E-state index >= 15 is 0 Å². The second kappa shape index (κ2) is 9.52. The van der Waals surface area contributed by atoms with Gasteiger partial charge < -0.3 is 14.2 Å². The van der Waals surface area contributed by atoms with E-state index in [4.69, 9.17) is 14.2 Å². The Balaban J connectivity index is 1.60. The van der Waals surface area contributed by atoms with Gasteiger partial charge in [0, 0.05) is 12.5 Å². The van der Waals surface area contributed by atoms with Gasteiger partial charge in [0.1, 0.15) is 11.5 Å². The van der Waals surface area contributed by atoms with E-state index in [1.54, 1.807) is 60.7 Å². The molecule has 0 aromatic heterocycles. The van der Waals surface area contributed by atoms with Crippen LogP contribution in [0.25, 0.3) is 11.1 Å². The standard InChI is InChI=1S/C24H20O6/c1-16(25)30-21-12-10-18(11-13-21)17-6-8-19(9-7-17)24(27)29-15-23(26)20-4-3-5-22(14-20)28-2/h3-14H,15H2,1-2H3. The summed E-state index contributed by atoms with van der Waals surface area (Å²) in [6.07, 6.45) is 0. The van der Waals surface area contributed by atoms with Gasteiger partial charge in [0.2, 0.25) is 0 Å². The first-order chi connectivity index (χ1) is 14.5. The topological polar surface area (TPSA) is 78.9 Å². The minimum Gasteiger partial charge on any atom is -0.497 e. The summed E-state index contributed by atoms with van der Waals surface area (Å²) in [7, 11) is 1.52. The van der Waals surface area contributed by atoms with Gasteiger partial charge in [-0.15, -0.1) is 0 Å². The average Bonchev–Trinajstić information content (AvgIpc) is 2.77. The molecule has 30 heavy (non-hydrogen) atoms. The Bertz CT molecular complexity index is 1050. The summed E-state index contributed by atoms with van der Waals surface area (Å²) in [5, 5.41) is 0. The highest BCUT2D eigenvalue weighted by Crippen LogP contribution is 2.23. The van der Waals surface area contributed by atoms with Crippen LogP contribution >= 0.6 is 0 Å². The molecule has 0 amide bonds. The van der Waals surface area contributed by atoms with E-state index in [0.717, 1.165) is 11.1 Å². The van der Waals surface area contributed by atoms with Gasteiger partial charge in [0.05, 0.1) is 12.7 Å². The van der Waals surface area contributed by atoms with E-state index in [1.165, 1.54) is 14.0 Å². The third kappa shape index (κ3) is 5.32. The van der Waals surface area contributed by atoms with Crippen LogP contribution in [-0.4, -0.2) is 31.4 Å². The van der Waals surface area contributed by atoms with Crippen molar-refractivity contribution in [3.63, 3.8) is 0 Å². The molecule has 0 aliphatic carbocycles. The summed E-state index contributed by atoms with van der Waals surface area (Å²) in [5.74, 6) is -0.249. The molecule has 0 radical (unpaired) electrons. The minimum atomic E-state index is -0.581. The summed E-state index contributed by atoms with van der Waals surface area (Å²) >= 11 is 0. The zero-order valence-electron chi connectivity index (χ0n) is 16.6. The average molecular weight is 404 g/mol. The first kappa shape index (κ1) is 20.8. The Hall–Kier alpha value is -3.93. The zero-order valence-corrected chi connectivity index (χ0v) is 16.6. The van der Waals surface area contributed by atoms with Crippen molar-refractivity contribution in [3.8, 4) is 22.6 Å². The fourth-order valence-corrected chi connectivity index (χ4v) is 2.77. The number of hydrogen-bond donors (Lipinski definition) is 0. The highest BCUT2D eigenvalue weighted by atomic mass is 16.5. The summed E-state index contributed by atoms with van der Waals surface area (Å²) in [5.41, 5.74) is 2.54. The van der Waals surface area contributed by atoms with Crippen molar-refractivity contribution in [1.29, 1.82) is 0 Å². The minimum absolute atomic E-state index is 0.313. The molecule has 0 saturated heterocycles. The molecular weight excluding hydrogens is 384 g/mol. The summed E-state index contributed by atoms with van der Waals surface area (Å²) in [4.78, 5) is 35.5. The van der Waals surface area contributed by atoms with Crippen LogP contribution in [0.4, 0.5) is 0 Å². The number of benzene rings is 3. The molecule has 6 nitrogen and oxygen atoms in total. The quantitative estimate of drug-likeness (QED) is 0.331. The molecule has 6 heteroatoms. The lowest BCUT2D eigenvalue weighted by Gasteiger charge is -2.07. The Morgan fingerprint density at radius 2 is 1.40 bits per heavy atom. The summed E-state index contributed by atoms with van der Waals surface area (Å²) in [6, 6.07) is 20.5. The van der Waals surface area contributed by atoms with Crippen molar-refractivity contribution < 1.29 is 28.6 Å². The largest absolute Gasteiger partial charge is 0.497 e. The molecule has 3 aromatic rings. The Morgan fingerprint density at radius 1 is 0.767 bits per heavy atom. The number of ether oxygens (including phenoxy) is 3. The van der Waals surface area contributed by atoms with Crippen molar-refractivity contribution in [2.75, 3.05) is 13.7 Å². The number of Topliss-reactive ketones (excluding diaryl/α,β-unsaturated/α-hetero) is 1.